The number of para-hydroxylation sites is 1. The minimum absolute atomic E-state index is 0.112. The van der Waals surface area contributed by atoms with E-state index in [-0.39, 0.29) is 17.7 Å². The van der Waals surface area contributed by atoms with Gasteiger partial charge in [0.05, 0.1) is 6.54 Å². The lowest BCUT2D eigenvalue weighted by Gasteiger charge is -2.20. The quantitative estimate of drug-likeness (QED) is 0.600. The van der Waals surface area contributed by atoms with Crippen molar-refractivity contribution < 1.29 is 9.13 Å². The van der Waals surface area contributed by atoms with E-state index in [0.717, 1.165) is 18.9 Å². The van der Waals surface area contributed by atoms with Crippen molar-refractivity contribution in [2.75, 3.05) is 20.1 Å². The zero-order valence-electron chi connectivity index (χ0n) is 13.3. The van der Waals surface area contributed by atoms with E-state index in [9.17, 15) is 4.39 Å². The van der Waals surface area contributed by atoms with Gasteiger partial charge in [0.25, 0.3) is 0 Å². The van der Waals surface area contributed by atoms with Crippen LogP contribution in [0.4, 0.5) is 4.39 Å². The Morgan fingerprint density at radius 2 is 1.90 bits per heavy atom. The van der Waals surface area contributed by atoms with Crippen molar-refractivity contribution in [1.29, 1.82) is 0 Å². The maximum atomic E-state index is 13.6. The van der Waals surface area contributed by atoms with Crippen LogP contribution >= 0.6 is 0 Å². The molecule has 1 unspecified atom stereocenters. The second-order valence-corrected chi connectivity index (χ2v) is 5.31. The molecule has 5 heteroatoms. The van der Waals surface area contributed by atoms with Crippen LogP contribution in [0.15, 0.2) is 29.3 Å². The molecule has 1 aromatic rings. The van der Waals surface area contributed by atoms with E-state index in [2.05, 4.69) is 29.5 Å². The summed E-state index contributed by atoms with van der Waals surface area (Å²) in [5, 5.41) is 6.44. The third kappa shape index (κ3) is 6.47. The van der Waals surface area contributed by atoms with Crippen LogP contribution in [0.1, 0.15) is 27.2 Å². The first-order valence-corrected chi connectivity index (χ1v) is 7.42. The van der Waals surface area contributed by atoms with E-state index in [0.29, 0.717) is 12.5 Å². The number of rotatable bonds is 7. The van der Waals surface area contributed by atoms with E-state index >= 15 is 0 Å². The molecule has 0 saturated heterocycles. The Balaban J connectivity index is 2.49. The van der Waals surface area contributed by atoms with Crippen LogP contribution in [0, 0.1) is 11.7 Å². The lowest BCUT2D eigenvalue weighted by molar-refractivity contribution is 0.191. The molecule has 0 fully saturated rings. The van der Waals surface area contributed by atoms with Crippen molar-refractivity contribution in [3.63, 3.8) is 0 Å². The van der Waals surface area contributed by atoms with Gasteiger partial charge in [-0.25, -0.2) is 4.39 Å². The van der Waals surface area contributed by atoms with E-state index in [1.807, 2.05) is 6.92 Å². The van der Waals surface area contributed by atoms with Gasteiger partial charge in [0.2, 0.25) is 0 Å². The molecule has 118 valence electrons. The highest BCUT2D eigenvalue weighted by Crippen LogP contribution is 2.17. The molecule has 1 atom stereocenters. The molecule has 1 rings (SSSR count). The van der Waals surface area contributed by atoms with Crippen molar-refractivity contribution in [2.45, 2.75) is 33.3 Å². The Bertz CT molecular complexity index is 449. The molecule has 0 aromatic heterocycles. The van der Waals surface area contributed by atoms with E-state index < -0.39 is 0 Å². The molecule has 0 saturated carbocycles. The van der Waals surface area contributed by atoms with E-state index in [4.69, 9.17) is 4.74 Å². The molecule has 0 amide bonds. The molecule has 0 heterocycles. The predicted octanol–water partition coefficient (Wildman–Crippen LogP) is 2.80. The molecule has 0 spiro atoms. The number of nitrogens with zero attached hydrogens (tertiary/aromatic N) is 1. The Hall–Kier alpha value is -1.78. The van der Waals surface area contributed by atoms with Crippen molar-refractivity contribution in [2.24, 2.45) is 10.9 Å². The van der Waals surface area contributed by atoms with Crippen molar-refractivity contribution in [3.05, 3.63) is 30.1 Å². The van der Waals surface area contributed by atoms with Crippen LogP contribution in [0.5, 0.6) is 5.75 Å². The average Bonchev–Trinajstić information content (AvgIpc) is 2.47. The lowest BCUT2D eigenvalue weighted by atomic mass is 10.2. The average molecular weight is 295 g/mol. The van der Waals surface area contributed by atoms with Gasteiger partial charge in [-0.3, -0.25) is 4.99 Å². The predicted molar refractivity (Wildman–Crippen MR) is 85.3 cm³/mol. The zero-order valence-corrected chi connectivity index (χ0v) is 13.3. The summed E-state index contributed by atoms with van der Waals surface area (Å²) in [4.78, 5) is 4.16. The molecule has 4 nitrogen and oxygen atoms in total. The summed E-state index contributed by atoms with van der Waals surface area (Å²) in [5.41, 5.74) is 0. The lowest BCUT2D eigenvalue weighted by Crippen LogP contribution is -2.43. The molecule has 0 bridgehead atoms. The topological polar surface area (TPSA) is 45.7 Å². The van der Waals surface area contributed by atoms with Gasteiger partial charge >= 0.3 is 0 Å². The van der Waals surface area contributed by atoms with Gasteiger partial charge in [-0.1, -0.05) is 32.9 Å². The third-order valence-electron chi connectivity index (χ3n) is 2.98. The highest BCUT2D eigenvalue weighted by molar-refractivity contribution is 5.79. The number of aliphatic imine (C=N–C) groups is 1. The molecule has 21 heavy (non-hydrogen) atoms. The van der Waals surface area contributed by atoms with Gasteiger partial charge in [-0.05, 0) is 24.5 Å². The zero-order chi connectivity index (χ0) is 15.7. The summed E-state index contributed by atoms with van der Waals surface area (Å²) < 4.78 is 19.3. The van der Waals surface area contributed by atoms with E-state index in [1.54, 1.807) is 25.2 Å². The summed E-state index contributed by atoms with van der Waals surface area (Å²) in [6, 6.07) is 6.46. The number of nitrogens with one attached hydrogen (secondary N) is 2. The van der Waals surface area contributed by atoms with Gasteiger partial charge in [-0.2, -0.15) is 0 Å². The van der Waals surface area contributed by atoms with Crippen molar-refractivity contribution >= 4 is 5.96 Å². The van der Waals surface area contributed by atoms with Crippen molar-refractivity contribution in [3.8, 4) is 5.75 Å². The molecular weight excluding hydrogens is 269 g/mol. The maximum absolute atomic E-state index is 13.6. The molecular formula is C16H26FN3O. The summed E-state index contributed by atoms with van der Waals surface area (Å²) in [6.07, 6.45) is 0.669. The molecule has 0 aliphatic heterocycles. The molecule has 0 aliphatic carbocycles. The fourth-order valence-corrected chi connectivity index (χ4v) is 1.72. The maximum Gasteiger partial charge on any atom is 0.191 e. The Kier molecular flexibility index (Phi) is 7.58. The first kappa shape index (κ1) is 17.3. The smallest absolute Gasteiger partial charge is 0.191 e. The van der Waals surface area contributed by atoms with Crippen LogP contribution in [0.2, 0.25) is 0 Å². The van der Waals surface area contributed by atoms with Gasteiger partial charge in [0, 0.05) is 13.6 Å². The van der Waals surface area contributed by atoms with E-state index in [1.165, 1.54) is 6.07 Å². The van der Waals surface area contributed by atoms with Gasteiger partial charge < -0.3 is 15.4 Å². The van der Waals surface area contributed by atoms with Gasteiger partial charge in [-0.15, -0.1) is 0 Å². The second kappa shape index (κ2) is 9.21. The fourth-order valence-electron chi connectivity index (χ4n) is 1.72. The summed E-state index contributed by atoms with van der Waals surface area (Å²) in [7, 11) is 1.73. The number of guanidine groups is 1. The first-order valence-electron chi connectivity index (χ1n) is 7.42. The number of ether oxygens (including phenoxy) is 1. The normalized spacial score (nSPS) is 13.1. The molecule has 0 aliphatic rings. The van der Waals surface area contributed by atoms with Crippen LogP contribution in [-0.4, -0.2) is 32.2 Å². The fraction of sp³-hybridized carbons (Fsp3) is 0.562. The minimum Gasteiger partial charge on any atom is -0.486 e. The molecule has 2 N–H and O–H groups in total. The largest absolute Gasteiger partial charge is 0.486 e. The standard InChI is InChI=1S/C16H26FN3O/c1-5-13(21-15-9-7-6-8-14(15)17)11-20-16(18-4)19-10-12(2)3/h6-9,12-13H,5,10-11H2,1-4H3,(H2,18,19,20). The summed E-state index contributed by atoms with van der Waals surface area (Å²) >= 11 is 0. The highest BCUT2D eigenvalue weighted by Gasteiger charge is 2.11. The number of hydrogen-bond donors (Lipinski definition) is 2. The summed E-state index contributed by atoms with van der Waals surface area (Å²) in [5.74, 6) is 1.23. The van der Waals surface area contributed by atoms with Crippen LogP contribution in [-0.2, 0) is 0 Å². The monoisotopic (exact) mass is 295 g/mol. The second-order valence-electron chi connectivity index (χ2n) is 5.31. The van der Waals surface area contributed by atoms with Gasteiger partial charge in [0.1, 0.15) is 6.10 Å². The highest BCUT2D eigenvalue weighted by atomic mass is 19.1. The van der Waals surface area contributed by atoms with Crippen LogP contribution < -0.4 is 15.4 Å². The minimum atomic E-state index is -0.335. The Morgan fingerprint density at radius 3 is 2.48 bits per heavy atom. The summed E-state index contributed by atoms with van der Waals surface area (Å²) in [6.45, 7) is 7.71. The van der Waals surface area contributed by atoms with Crippen LogP contribution in [0.3, 0.4) is 0 Å². The number of hydrogen-bond acceptors (Lipinski definition) is 2. The van der Waals surface area contributed by atoms with Gasteiger partial charge in [0.15, 0.2) is 17.5 Å². The first-order chi connectivity index (χ1) is 10.1. The number of halogens is 1. The number of benzene rings is 1. The van der Waals surface area contributed by atoms with Crippen molar-refractivity contribution in [1.82, 2.24) is 10.6 Å². The molecule has 0 radical (unpaired) electrons. The SMILES string of the molecule is CCC(CNC(=NC)NCC(C)C)Oc1ccccc1F. The molecule has 1 aromatic carbocycles. The Morgan fingerprint density at radius 1 is 1.24 bits per heavy atom. The Labute approximate surface area is 126 Å². The third-order valence-corrected chi connectivity index (χ3v) is 2.98. The van der Waals surface area contributed by atoms with Crippen LogP contribution in [0.25, 0.3) is 0 Å².